The molecule has 1 aliphatic heterocycles. The van der Waals surface area contributed by atoms with Crippen LogP contribution in [0.25, 0.3) is 0 Å². The molecule has 1 rings (SSSR count). The fourth-order valence-electron chi connectivity index (χ4n) is 1.96. The third-order valence-corrected chi connectivity index (χ3v) is 3.07. The minimum Gasteiger partial charge on any atom is -0.356 e. The van der Waals surface area contributed by atoms with Gasteiger partial charge in [-0.3, -0.25) is 9.69 Å². The zero-order valence-corrected chi connectivity index (χ0v) is 11.7. The van der Waals surface area contributed by atoms with Crippen molar-refractivity contribution >= 4 is 5.91 Å². The fraction of sp³-hybridized carbons (Fsp3) is 0.923. The lowest BCUT2D eigenvalue weighted by molar-refractivity contribution is -0.122. The monoisotopic (exact) mass is 241 g/mol. The van der Waals surface area contributed by atoms with Crippen LogP contribution in [0.2, 0.25) is 0 Å². The summed E-state index contributed by atoms with van der Waals surface area (Å²) < 4.78 is 0. The highest BCUT2D eigenvalue weighted by Crippen LogP contribution is 2.11. The summed E-state index contributed by atoms with van der Waals surface area (Å²) in [5.74, 6) is 0.172. The molecule has 0 spiro atoms. The Morgan fingerprint density at radius 2 is 1.94 bits per heavy atom. The van der Waals surface area contributed by atoms with E-state index in [0.29, 0.717) is 12.5 Å². The fourth-order valence-corrected chi connectivity index (χ4v) is 1.96. The quantitative estimate of drug-likeness (QED) is 0.766. The van der Waals surface area contributed by atoms with Gasteiger partial charge in [0.05, 0.1) is 0 Å². The Morgan fingerprint density at radius 3 is 2.47 bits per heavy atom. The Kier molecular flexibility index (Phi) is 5.40. The first-order chi connectivity index (χ1) is 7.88. The smallest absolute Gasteiger partial charge is 0.221 e. The molecule has 17 heavy (non-hydrogen) atoms. The highest BCUT2D eigenvalue weighted by molar-refractivity contribution is 5.76. The van der Waals surface area contributed by atoms with Crippen molar-refractivity contribution in [3.63, 3.8) is 0 Å². The van der Waals surface area contributed by atoms with Crippen molar-refractivity contribution in [3.8, 4) is 0 Å². The van der Waals surface area contributed by atoms with Crippen molar-refractivity contribution in [2.24, 2.45) is 5.41 Å². The van der Waals surface area contributed by atoms with E-state index in [-0.39, 0.29) is 11.3 Å². The number of carbonyl (C=O) groups excluding carboxylic acids is 1. The molecule has 4 heteroatoms. The van der Waals surface area contributed by atoms with Crippen LogP contribution in [0.3, 0.4) is 0 Å². The van der Waals surface area contributed by atoms with E-state index < -0.39 is 0 Å². The molecule has 1 fully saturated rings. The van der Waals surface area contributed by atoms with E-state index in [2.05, 4.69) is 43.2 Å². The molecule has 1 saturated heterocycles. The third-order valence-electron chi connectivity index (χ3n) is 3.07. The highest BCUT2D eigenvalue weighted by Gasteiger charge is 2.19. The minimum atomic E-state index is 0.161. The molecule has 1 aliphatic rings. The van der Waals surface area contributed by atoms with Gasteiger partial charge in [-0.1, -0.05) is 20.8 Å². The standard InChI is InChI=1S/C13H27N3O/c1-11(16-7-5-14-6-8-16)9-12(17)15-10-13(2,3)4/h11,14H,5-10H2,1-4H3,(H,15,17). The Hall–Kier alpha value is -0.610. The summed E-state index contributed by atoms with van der Waals surface area (Å²) in [4.78, 5) is 14.2. The van der Waals surface area contributed by atoms with E-state index in [1.165, 1.54) is 0 Å². The van der Waals surface area contributed by atoms with Gasteiger partial charge >= 0.3 is 0 Å². The number of rotatable bonds is 4. The topological polar surface area (TPSA) is 44.4 Å². The minimum absolute atomic E-state index is 0.161. The van der Waals surface area contributed by atoms with Gasteiger partial charge in [0.15, 0.2) is 0 Å². The van der Waals surface area contributed by atoms with E-state index in [1.54, 1.807) is 0 Å². The molecule has 2 N–H and O–H groups in total. The van der Waals surface area contributed by atoms with Gasteiger partial charge < -0.3 is 10.6 Å². The molecule has 1 unspecified atom stereocenters. The van der Waals surface area contributed by atoms with Crippen LogP contribution in [0, 0.1) is 5.41 Å². The average molecular weight is 241 g/mol. The highest BCUT2D eigenvalue weighted by atomic mass is 16.1. The maximum atomic E-state index is 11.8. The zero-order chi connectivity index (χ0) is 12.9. The van der Waals surface area contributed by atoms with Crippen LogP contribution in [-0.4, -0.2) is 49.6 Å². The van der Waals surface area contributed by atoms with Gasteiger partial charge in [0, 0.05) is 45.2 Å². The summed E-state index contributed by atoms with van der Waals surface area (Å²) in [5, 5.41) is 6.34. The third kappa shape index (κ3) is 6.03. The molecule has 1 amide bonds. The second-order valence-electron chi connectivity index (χ2n) is 6.18. The zero-order valence-electron chi connectivity index (χ0n) is 11.7. The first-order valence-corrected chi connectivity index (χ1v) is 6.60. The molecule has 0 aromatic heterocycles. The number of hydrogen-bond donors (Lipinski definition) is 2. The molecule has 0 aromatic carbocycles. The molecule has 0 bridgehead atoms. The number of hydrogen-bond acceptors (Lipinski definition) is 3. The van der Waals surface area contributed by atoms with E-state index in [9.17, 15) is 4.79 Å². The van der Waals surface area contributed by atoms with Crippen LogP contribution < -0.4 is 10.6 Å². The second-order valence-corrected chi connectivity index (χ2v) is 6.18. The van der Waals surface area contributed by atoms with Crippen LogP contribution in [-0.2, 0) is 4.79 Å². The van der Waals surface area contributed by atoms with E-state index in [1.807, 2.05) is 0 Å². The number of nitrogens with zero attached hydrogens (tertiary/aromatic N) is 1. The Balaban J connectivity index is 2.25. The van der Waals surface area contributed by atoms with Crippen LogP contribution in [0.1, 0.15) is 34.1 Å². The molecule has 0 aliphatic carbocycles. The SMILES string of the molecule is CC(CC(=O)NCC(C)(C)C)N1CCNCC1. The summed E-state index contributed by atoms with van der Waals surface area (Å²) in [6.07, 6.45) is 0.607. The largest absolute Gasteiger partial charge is 0.356 e. The number of piperazine rings is 1. The molecule has 0 aromatic rings. The Morgan fingerprint density at radius 1 is 1.35 bits per heavy atom. The van der Waals surface area contributed by atoms with Gasteiger partial charge in [-0.15, -0.1) is 0 Å². The molecule has 0 radical (unpaired) electrons. The lowest BCUT2D eigenvalue weighted by Crippen LogP contribution is -2.48. The summed E-state index contributed by atoms with van der Waals surface area (Å²) in [6.45, 7) is 13.5. The van der Waals surface area contributed by atoms with E-state index in [4.69, 9.17) is 0 Å². The van der Waals surface area contributed by atoms with Crippen LogP contribution in [0.15, 0.2) is 0 Å². The molecule has 1 atom stereocenters. The molecule has 4 nitrogen and oxygen atoms in total. The lowest BCUT2D eigenvalue weighted by Gasteiger charge is -2.32. The van der Waals surface area contributed by atoms with Crippen molar-refractivity contribution in [1.29, 1.82) is 0 Å². The number of nitrogens with one attached hydrogen (secondary N) is 2. The van der Waals surface area contributed by atoms with Crippen molar-refractivity contribution in [2.45, 2.75) is 40.2 Å². The van der Waals surface area contributed by atoms with Gasteiger partial charge in [0.1, 0.15) is 0 Å². The summed E-state index contributed by atoms with van der Waals surface area (Å²) in [7, 11) is 0. The molecular formula is C13H27N3O. The molecular weight excluding hydrogens is 214 g/mol. The van der Waals surface area contributed by atoms with Gasteiger partial charge in [0.2, 0.25) is 5.91 Å². The molecule has 100 valence electrons. The normalized spacial score (nSPS) is 20.0. The van der Waals surface area contributed by atoms with Gasteiger partial charge in [0.25, 0.3) is 0 Å². The van der Waals surface area contributed by atoms with Crippen molar-refractivity contribution in [2.75, 3.05) is 32.7 Å². The maximum Gasteiger partial charge on any atom is 0.221 e. The summed E-state index contributed by atoms with van der Waals surface area (Å²) in [5.41, 5.74) is 0.161. The predicted molar refractivity (Wildman–Crippen MR) is 71.0 cm³/mol. The van der Waals surface area contributed by atoms with Gasteiger partial charge in [-0.05, 0) is 12.3 Å². The first-order valence-electron chi connectivity index (χ1n) is 6.60. The average Bonchev–Trinajstić information content (AvgIpc) is 2.27. The Bertz CT molecular complexity index is 242. The van der Waals surface area contributed by atoms with Crippen molar-refractivity contribution < 1.29 is 4.79 Å². The van der Waals surface area contributed by atoms with Crippen LogP contribution in [0.5, 0.6) is 0 Å². The number of amides is 1. The number of carbonyl (C=O) groups is 1. The van der Waals surface area contributed by atoms with Crippen LogP contribution in [0.4, 0.5) is 0 Å². The van der Waals surface area contributed by atoms with Gasteiger partial charge in [-0.25, -0.2) is 0 Å². The predicted octanol–water partition coefficient (Wildman–Crippen LogP) is 0.833. The second kappa shape index (κ2) is 6.36. The van der Waals surface area contributed by atoms with Crippen molar-refractivity contribution in [3.05, 3.63) is 0 Å². The molecule has 1 heterocycles. The summed E-state index contributed by atoms with van der Waals surface area (Å²) in [6, 6.07) is 0.345. The summed E-state index contributed by atoms with van der Waals surface area (Å²) >= 11 is 0. The van der Waals surface area contributed by atoms with E-state index in [0.717, 1.165) is 32.7 Å². The first kappa shape index (κ1) is 14.5. The van der Waals surface area contributed by atoms with Crippen molar-refractivity contribution in [1.82, 2.24) is 15.5 Å². The van der Waals surface area contributed by atoms with E-state index >= 15 is 0 Å². The Labute approximate surface area is 105 Å². The van der Waals surface area contributed by atoms with Gasteiger partial charge in [-0.2, -0.15) is 0 Å². The lowest BCUT2D eigenvalue weighted by atomic mass is 9.97. The molecule has 0 saturated carbocycles. The van der Waals surface area contributed by atoms with Crippen LogP contribution >= 0.6 is 0 Å². The maximum absolute atomic E-state index is 11.8.